The van der Waals surface area contributed by atoms with Crippen molar-refractivity contribution in [1.29, 1.82) is 0 Å². The van der Waals surface area contributed by atoms with Crippen LogP contribution in [0.4, 0.5) is 11.5 Å². The maximum atomic E-state index is 6.31. The van der Waals surface area contributed by atoms with Gasteiger partial charge in [-0.25, -0.2) is 15.0 Å². The minimum atomic E-state index is 0.328. The first-order valence-electron chi connectivity index (χ1n) is 9.26. The maximum Gasteiger partial charge on any atom is 0.141 e. The van der Waals surface area contributed by atoms with E-state index in [4.69, 9.17) is 11.6 Å². The number of halogens is 1. The molecule has 0 aliphatic carbocycles. The number of nitrogens with one attached hydrogen (secondary N) is 1. The van der Waals surface area contributed by atoms with Crippen LogP contribution in [0.2, 0.25) is 5.15 Å². The number of nitrogens with zero attached hydrogens (tertiary/aromatic N) is 5. The highest BCUT2D eigenvalue weighted by Crippen LogP contribution is 2.36. The molecule has 0 bridgehead atoms. The van der Waals surface area contributed by atoms with Gasteiger partial charge in [0.25, 0.3) is 0 Å². The third-order valence-corrected chi connectivity index (χ3v) is 6.59. The Balaban J connectivity index is 1.57. The zero-order valence-corrected chi connectivity index (χ0v) is 16.7. The van der Waals surface area contributed by atoms with Gasteiger partial charge in [0.2, 0.25) is 0 Å². The summed E-state index contributed by atoms with van der Waals surface area (Å²) in [5.74, 6) is 3.41. The van der Waals surface area contributed by atoms with E-state index in [0.717, 1.165) is 60.1 Å². The van der Waals surface area contributed by atoms with Crippen molar-refractivity contribution >= 4 is 45.9 Å². The van der Waals surface area contributed by atoms with Crippen LogP contribution in [0.1, 0.15) is 18.2 Å². The van der Waals surface area contributed by atoms with Crippen LogP contribution in [0.5, 0.6) is 0 Å². The number of thioether (sulfide) groups is 1. The van der Waals surface area contributed by atoms with Gasteiger partial charge < -0.3 is 14.8 Å². The Morgan fingerprint density at radius 1 is 1.26 bits per heavy atom. The molecule has 1 atom stereocenters. The summed E-state index contributed by atoms with van der Waals surface area (Å²) in [6.45, 7) is 5.13. The third-order valence-electron chi connectivity index (χ3n) is 5.46. The molecule has 3 aromatic heterocycles. The van der Waals surface area contributed by atoms with E-state index in [0.29, 0.717) is 11.2 Å². The van der Waals surface area contributed by atoms with E-state index in [1.54, 1.807) is 6.33 Å². The molecule has 27 heavy (non-hydrogen) atoms. The summed E-state index contributed by atoms with van der Waals surface area (Å²) in [6.07, 6.45) is 4.55. The standard InChI is InChI=1S/C19H21ClN6S/c1-12-8-15-14(19(23-11-22-15)25-4-6-27-7-5-25)10-26(12)16-9-17(20)24-18-13(16)2-3-21-18/h2-3,9,11-12H,4-8,10H2,1H3,(H,21,24). The summed E-state index contributed by atoms with van der Waals surface area (Å²) in [4.78, 5) is 21.7. The van der Waals surface area contributed by atoms with E-state index in [-0.39, 0.29) is 0 Å². The van der Waals surface area contributed by atoms with E-state index in [2.05, 4.69) is 42.7 Å². The number of hydrogen-bond donors (Lipinski definition) is 1. The average Bonchev–Trinajstić information content (AvgIpc) is 3.15. The summed E-state index contributed by atoms with van der Waals surface area (Å²) in [6, 6.07) is 4.37. The molecule has 2 aliphatic rings. The maximum absolute atomic E-state index is 6.31. The molecule has 5 rings (SSSR count). The Kier molecular flexibility index (Phi) is 4.36. The predicted molar refractivity (Wildman–Crippen MR) is 112 cm³/mol. The first kappa shape index (κ1) is 17.1. The third kappa shape index (κ3) is 3.02. The predicted octanol–water partition coefficient (Wildman–Crippen LogP) is 3.51. The van der Waals surface area contributed by atoms with Gasteiger partial charge in [0, 0.05) is 60.7 Å². The topological polar surface area (TPSA) is 60.9 Å². The van der Waals surface area contributed by atoms with Crippen molar-refractivity contribution < 1.29 is 0 Å². The summed E-state index contributed by atoms with van der Waals surface area (Å²) in [5, 5.41) is 1.61. The normalized spacial score (nSPS) is 20.1. The van der Waals surface area contributed by atoms with E-state index >= 15 is 0 Å². The minimum absolute atomic E-state index is 0.328. The van der Waals surface area contributed by atoms with Crippen molar-refractivity contribution in [3.05, 3.63) is 41.1 Å². The molecule has 8 heteroatoms. The van der Waals surface area contributed by atoms with Gasteiger partial charge in [-0.1, -0.05) is 11.6 Å². The first-order chi connectivity index (χ1) is 13.2. The second-order valence-electron chi connectivity index (χ2n) is 7.11. The van der Waals surface area contributed by atoms with Gasteiger partial charge in [0.1, 0.15) is 22.9 Å². The first-order valence-corrected chi connectivity index (χ1v) is 10.8. The van der Waals surface area contributed by atoms with E-state index in [1.807, 2.05) is 24.0 Å². The number of H-pyrrole nitrogens is 1. The van der Waals surface area contributed by atoms with Gasteiger partial charge in [-0.05, 0) is 19.1 Å². The Morgan fingerprint density at radius 2 is 2.11 bits per heavy atom. The molecule has 3 aromatic rings. The molecule has 0 spiro atoms. The van der Waals surface area contributed by atoms with E-state index in [1.165, 1.54) is 11.3 Å². The van der Waals surface area contributed by atoms with E-state index < -0.39 is 0 Å². The van der Waals surface area contributed by atoms with Crippen molar-refractivity contribution in [2.45, 2.75) is 25.9 Å². The lowest BCUT2D eigenvalue weighted by molar-refractivity contribution is 0.578. The molecule has 2 aliphatic heterocycles. The Hall–Kier alpha value is -1.99. The molecule has 1 fully saturated rings. The minimum Gasteiger partial charge on any atom is -0.363 e. The summed E-state index contributed by atoms with van der Waals surface area (Å²) < 4.78 is 0. The van der Waals surface area contributed by atoms with E-state index in [9.17, 15) is 0 Å². The summed E-state index contributed by atoms with van der Waals surface area (Å²) in [5.41, 5.74) is 4.37. The second kappa shape index (κ2) is 6.87. The molecular weight excluding hydrogens is 380 g/mol. The van der Waals surface area contributed by atoms with Crippen molar-refractivity contribution in [2.75, 3.05) is 34.4 Å². The highest BCUT2D eigenvalue weighted by molar-refractivity contribution is 7.99. The Bertz CT molecular complexity index is 983. The van der Waals surface area contributed by atoms with Crippen molar-refractivity contribution in [1.82, 2.24) is 19.9 Å². The molecule has 5 heterocycles. The fraction of sp³-hybridized carbons (Fsp3) is 0.421. The van der Waals surface area contributed by atoms with Gasteiger partial charge in [-0.2, -0.15) is 11.8 Å². The van der Waals surface area contributed by atoms with Crippen LogP contribution in [-0.2, 0) is 13.0 Å². The number of rotatable bonds is 2. The Morgan fingerprint density at radius 3 is 2.96 bits per heavy atom. The number of aromatic amines is 1. The van der Waals surface area contributed by atoms with Gasteiger partial charge >= 0.3 is 0 Å². The smallest absolute Gasteiger partial charge is 0.141 e. The number of pyridine rings is 1. The van der Waals surface area contributed by atoms with Crippen LogP contribution in [0.3, 0.4) is 0 Å². The van der Waals surface area contributed by atoms with Gasteiger partial charge in [-0.15, -0.1) is 0 Å². The lowest BCUT2D eigenvalue weighted by Gasteiger charge is -2.39. The Labute approximate surface area is 167 Å². The van der Waals surface area contributed by atoms with Crippen LogP contribution in [0, 0.1) is 0 Å². The highest BCUT2D eigenvalue weighted by atomic mass is 35.5. The fourth-order valence-corrected chi connectivity index (χ4v) is 5.18. The van der Waals surface area contributed by atoms with Crippen molar-refractivity contribution in [3.63, 3.8) is 0 Å². The van der Waals surface area contributed by atoms with Crippen LogP contribution >= 0.6 is 23.4 Å². The van der Waals surface area contributed by atoms with Gasteiger partial charge in [-0.3, -0.25) is 0 Å². The zero-order valence-electron chi connectivity index (χ0n) is 15.2. The molecule has 140 valence electrons. The molecule has 0 saturated carbocycles. The summed E-state index contributed by atoms with van der Waals surface area (Å²) in [7, 11) is 0. The second-order valence-corrected chi connectivity index (χ2v) is 8.72. The average molecular weight is 401 g/mol. The molecule has 1 N–H and O–H groups in total. The molecule has 1 saturated heterocycles. The van der Waals surface area contributed by atoms with Crippen molar-refractivity contribution in [2.24, 2.45) is 0 Å². The monoisotopic (exact) mass is 400 g/mol. The number of aromatic nitrogens is 4. The zero-order chi connectivity index (χ0) is 18.4. The number of hydrogen-bond acceptors (Lipinski definition) is 6. The lowest BCUT2D eigenvalue weighted by atomic mass is 9.98. The van der Waals surface area contributed by atoms with Crippen molar-refractivity contribution in [3.8, 4) is 0 Å². The van der Waals surface area contributed by atoms with Gasteiger partial charge in [0.05, 0.1) is 11.4 Å². The largest absolute Gasteiger partial charge is 0.363 e. The molecule has 0 radical (unpaired) electrons. The molecule has 6 nitrogen and oxygen atoms in total. The quantitative estimate of drug-likeness (QED) is 0.664. The SMILES string of the molecule is CC1Cc2ncnc(N3CCSCC3)c2CN1c1cc(Cl)nc2[nH]ccc12. The fourth-order valence-electron chi connectivity index (χ4n) is 4.09. The van der Waals surface area contributed by atoms with Crippen LogP contribution in [0.25, 0.3) is 11.0 Å². The lowest BCUT2D eigenvalue weighted by Crippen LogP contribution is -2.41. The number of anilines is 2. The van der Waals surface area contributed by atoms with Crippen LogP contribution in [0.15, 0.2) is 24.7 Å². The van der Waals surface area contributed by atoms with Crippen LogP contribution in [-0.4, -0.2) is 50.6 Å². The number of fused-ring (bicyclic) bond motifs is 2. The van der Waals surface area contributed by atoms with Crippen LogP contribution < -0.4 is 9.80 Å². The molecule has 0 aromatic carbocycles. The molecule has 0 amide bonds. The molecular formula is C19H21ClN6S. The van der Waals surface area contributed by atoms with Gasteiger partial charge in [0.15, 0.2) is 0 Å². The highest BCUT2D eigenvalue weighted by Gasteiger charge is 2.30. The summed E-state index contributed by atoms with van der Waals surface area (Å²) >= 11 is 8.32. The molecule has 1 unspecified atom stereocenters.